The minimum atomic E-state index is -1.30. The molecule has 0 saturated heterocycles. The van der Waals surface area contributed by atoms with Crippen LogP contribution in [0, 0.1) is 11.6 Å². The van der Waals surface area contributed by atoms with E-state index in [9.17, 15) is 13.9 Å². The van der Waals surface area contributed by atoms with E-state index in [1.165, 1.54) is 24.8 Å². The van der Waals surface area contributed by atoms with Gasteiger partial charge in [0.15, 0.2) is 0 Å². The summed E-state index contributed by atoms with van der Waals surface area (Å²) in [5.41, 5.74) is 1.42. The Hall–Kier alpha value is -1.26. The average molecular weight is 353 g/mol. The molecule has 21 heavy (non-hydrogen) atoms. The minimum Gasteiger partial charge on any atom is -0.383 e. The second-order valence-corrected chi connectivity index (χ2v) is 6.40. The quantitative estimate of drug-likeness (QED) is 0.816. The maximum atomic E-state index is 13.9. The fourth-order valence-corrected chi connectivity index (χ4v) is 3.08. The zero-order valence-electron chi connectivity index (χ0n) is 11.3. The van der Waals surface area contributed by atoms with E-state index in [-0.39, 0.29) is 5.56 Å². The molecular formula is C17H15BrF2O. The standard InChI is InChI=1S/C17H15BrF2O/c18-13-8-14(19)16(15(20)9-13)17(21)12-6-4-11(5-7-12)10-2-1-3-10/h4-10,17,21H,1-3H2. The Balaban J connectivity index is 1.89. The van der Waals surface area contributed by atoms with Crippen LogP contribution in [0.15, 0.2) is 40.9 Å². The fourth-order valence-electron chi connectivity index (χ4n) is 2.67. The van der Waals surface area contributed by atoms with Crippen LogP contribution in [0.1, 0.15) is 48.0 Å². The molecule has 1 fully saturated rings. The monoisotopic (exact) mass is 352 g/mol. The number of benzene rings is 2. The number of hydrogen-bond donors (Lipinski definition) is 1. The summed E-state index contributed by atoms with van der Waals surface area (Å²) < 4.78 is 28.1. The van der Waals surface area contributed by atoms with E-state index in [1.807, 2.05) is 12.1 Å². The summed E-state index contributed by atoms with van der Waals surface area (Å²) in [6.45, 7) is 0. The van der Waals surface area contributed by atoms with Gasteiger partial charge < -0.3 is 5.11 Å². The molecule has 0 radical (unpaired) electrons. The molecule has 1 N–H and O–H groups in total. The van der Waals surface area contributed by atoms with Gasteiger partial charge in [-0.15, -0.1) is 0 Å². The predicted octanol–water partition coefficient (Wildman–Crippen LogP) is 5.08. The fraction of sp³-hybridized carbons (Fsp3) is 0.294. The van der Waals surface area contributed by atoms with Crippen LogP contribution in [0.4, 0.5) is 8.78 Å². The molecule has 0 amide bonds. The molecule has 4 heteroatoms. The van der Waals surface area contributed by atoms with Gasteiger partial charge in [-0.1, -0.05) is 46.6 Å². The molecule has 1 nitrogen and oxygen atoms in total. The van der Waals surface area contributed by atoms with Crippen LogP contribution < -0.4 is 0 Å². The molecule has 1 unspecified atom stereocenters. The molecule has 1 atom stereocenters. The van der Waals surface area contributed by atoms with E-state index in [4.69, 9.17) is 0 Å². The number of aliphatic hydroxyl groups is 1. The SMILES string of the molecule is OC(c1ccc(C2CCC2)cc1)c1c(F)cc(Br)cc1F. The molecule has 1 aliphatic carbocycles. The zero-order chi connectivity index (χ0) is 15.0. The summed E-state index contributed by atoms with van der Waals surface area (Å²) in [6.07, 6.45) is 2.34. The highest BCUT2D eigenvalue weighted by Gasteiger charge is 2.22. The maximum absolute atomic E-state index is 13.9. The van der Waals surface area contributed by atoms with Crippen LogP contribution in [-0.4, -0.2) is 5.11 Å². The molecule has 0 heterocycles. The maximum Gasteiger partial charge on any atom is 0.133 e. The van der Waals surface area contributed by atoms with Crippen LogP contribution in [0.25, 0.3) is 0 Å². The third kappa shape index (κ3) is 2.87. The summed E-state index contributed by atoms with van der Waals surface area (Å²) in [4.78, 5) is 0. The lowest BCUT2D eigenvalue weighted by atomic mass is 9.80. The lowest BCUT2D eigenvalue weighted by Gasteiger charge is -2.26. The molecule has 110 valence electrons. The number of halogens is 3. The van der Waals surface area contributed by atoms with Crippen molar-refractivity contribution >= 4 is 15.9 Å². The first-order chi connectivity index (χ1) is 10.1. The van der Waals surface area contributed by atoms with Crippen LogP contribution in [-0.2, 0) is 0 Å². The van der Waals surface area contributed by atoms with E-state index in [1.54, 1.807) is 12.1 Å². The second-order valence-electron chi connectivity index (χ2n) is 5.48. The van der Waals surface area contributed by atoms with E-state index in [2.05, 4.69) is 15.9 Å². The largest absolute Gasteiger partial charge is 0.383 e. The van der Waals surface area contributed by atoms with Crippen molar-refractivity contribution in [2.45, 2.75) is 31.3 Å². The van der Waals surface area contributed by atoms with Crippen molar-refractivity contribution in [3.05, 3.63) is 69.2 Å². The van der Waals surface area contributed by atoms with Crippen molar-refractivity contribution in [2.24, 2.45) is 0 Å². The van der Waals surface area contributed by atoms with Gasteiger partial charge in [0.2, 0.25) is 0 Å². The first-order valence-corrected chi connectivity index (χ1v) is 7.78. The molecule has 1 aliphatic rings. The van der Waals surface area contributed by atoms with Gasteiger partial charge in [-0.05, 0) is 42.0 Å². The van der Waals surface area contributed by atoms with Crippen LogP contribution in [0.3, 0.4) is 0 Å². The van der Waals surface area contributed by atoms with E-state index in [0.29, 0.717) is 16.0 Å². The third-order valence-electron chi connectivity index (χ3n) is 4.15. The van der Waals surface area contributed by atoms with Gasteiger partial charge in [-0.2, -0.15) is 0 Å². The Kier molecular flexibility index (Phi) is 4.09. The summed E-state index contributed by atoms with van der Waals surface area (Å²) in [7, 11) is 0. The molecule has 0 bridgehead atoms. The van der Waals surface area contributed by atoms with Gasteiger partial charge in [0.1, 0.15) is 17.7 Å². The highest BCUT2D eigenvalue weighted by molar-refractivity contribution is 9.10. The molecule has 3 rings (SSSR count). The number of hydrogen-bond acceptors (Lipinski definition) is 1. The summed E-state index contributed by atoms with van der Waals surface area (Å²) in [5.74, 6) is -0.910. The van der Waals surface area contributed by atoms with Crippen LogP contribution >= 0.6 is 15.9 Å². The number of rotatable bonds is 3. The summed E-state index contributed by atoms with van der Waals surface area (Å²) in [5, 5.41) is 10.2. The summed E-state index contributed by atoms with van der Waals surface area (Å²) in [6, 6.07) is 9.70. The molecule has 2 aromatic carbocycles. The van der Waals surface area contributed by atoms with Crippen molar-refractivity contribution in [3.8, 4) is 0 Å². The van der Waals surface area contributed by atoms with Crippen LogP contribution in [0.5, 0.6) is 0 Å². The zero-order valence-corrected chi connectivity index (χ0v) is 12.9. The van der Waals surface area contributed by atoms with E-state index < -0.39 is 17.7 Å². The van der Waals surface area contributed by atoms with Crippen molar-refractivity contribution in [3.63, 3.8) is 0 Å². The van der Waals surface area contributed by atoms with Crippen molar-refractivity contribution in [1.29, 1.82) is 0 Å². The molecule has 1 saturated carbocycles. The van der Waals surface area contributed by atoms with Gasteiger partial charge in [0.05, 0.1) is 5.56 Å². The van der Waals surface area contributed by atoms with Crippen molar-refractivity contribution < 1.29 is 13.9 Å². The smallest absolute Gasteiger partial charge is 0.133 e. The van der Waals surface area contributed by atoms with Gasteiger partial charge in [0, 0.05) is 4.47 Å². The predicted molar refractivity (Wildman–Crippen MR) is 81.2 cm³/mol. The van der Waals surface area contributed by atoms with Gasteiger partial charge in [-0.25, -0.2) is 8.78 Å². The molecule has 2 aromatic rings. The molecule has 0 spiro atoms. The van der Waals surface area contributed by atoms with Gasteiger partial charge >= 0.3 is 0 Å². The third-order valence-corrected chi connectivity index (χ3v) is 4.60. The Bertz CT molecular complexity index is 627. The molecule has 0 aromatic heterocycles. The minimum absolute atomic E-state index is 0.311. The average Bonchev–Trinajstić information content (AvgIpc) is 2.36. The van der Waals surface area contributed by atoms with E-state index >= 15 is 0 Å². The first kappa shape index (κ1) is 14.7. The number of aliphatic hydroxyl groups excluding tert-OH is 1. The molecular weight excluding hydrogens is 338 g/mol. The Morgan fingerprint density at radius 1 is 1.05 bits per heavy atom. The van der Waals surface area contributed by atoms with Crippen molar-refractivity contribution in [1.82, 2.24) is 0 Å². The normalized spacial score (nSPS) is 16.6. The lowest BCUT2D eigenvalue weighted by molar-refractivity contribution is 0.209. The lowest BCUT2D eigenvalue weighted by Crippen LogP contribution is -2.09. The summed E-state index contributed by atoms with van der Waals surface area (Å²) >= 11 is 3.03. The second kappa shape index (κ2) is 5.85. The highest BCUT2D eigenvalue weighted by atomic mass is 79.9. The Morgan fingerprint density at radius 3 is 2.10 bits per heavy atom. The van der Waals surface area contributed by atoms with E-state index in [0.717, 1.165) is 12.1 Å². The topological polar surface area (TPSA) is 20.2 Å². The Labute approximate surface area is 130 Å². The van der Waals surface area contributed by atoms with Gasteiger partial charge in [-0.3, -0.25) is 0 Å². The highest BCUT2D eigenvalue weighted by Crippen LogP contribution is 2.37. The van der Waals surface area contributed by atoms with Crippen molar-refractivity contribution in [2.75, 3.05) is 0 Å². The first-order valence-electron chi connectivity index (χ1n) is 6.98. The Morgan fingerprint density at radius 2 is 1.62 bits per heavy atom. The molecule has 0 aliphatic heterocycles. The van der Waals surface area contributed by atoms with Crippen LogP contribution in [0.2, 0.25) is 0 Å². The van der Waals surface area contributed by atoms with Gasteiger partial charge in [0.25, 0.3) is 0 Å².